The molecule has 140 valence electrons. The lowest BCUT2D eigenvalue weighted by Gasteiger charge is -2.24. The van der Waals surface area contributed by atoms with Gasteiger partial charge in [-0.05, 0) is 29.7 Å². The number of aliphatic hydroxyl groups is 1. The highest BCUT2D eigenvalue weighted by Crippen LogP contribution is 2.38. The number of ketones is 1. The maximum atomic E-state index is 12.7. The highest BCUT2D eigenvalue weighted by atomic mass is 16.5. The second kappa shape index (κ2) is 8.14. The molecule has 1 unspecified atom stereocenters. The van der Waals surface area contributed by atoms with E-state index in [9.17, 15) is 14.7 Å². The number of hydrogen-bond acceptors (Lipinski definition) is 5. The minimum atomic E-state index is -0.690. The van der Waals surface area contributed by atoms with Crippen molar-refractivity contribution >= 4 is 17.4 Å². The third-order valence-electron chi connectivity index (χ3n) is 4.73. The van der Waals surface area contributed by atoms with Crippen molar-refractivity contribution in [2.45, 2.75) is 19.4 Å². The van der Waals surface area contributed by atoms with Crippen LogP contribution in [0.1, 0.15) is 29.7 Å². The largest absolute Gasteiger partial charge is 0.507 e. The molecule has 1 N–H and O–H groups in total. The minimum absolute atomic E-state index is 0.0894. The monoisotopic (exact) mass is 366 g/mol. The number of benzene rings is 1. The van der Waals surface area contributed by atoms with Gasteiger partial charge in [0.15, 0.2) is 0 Å². The molecule has 1 aromatic heterocycles. The van der Waals surface area contributed by atoms with Crippen LogP contribution < -0.4 is 0 Å². The number of aliphatic hydroxyl groups excluding tert-OH is 1. The second-order valence-corrected chi connectivity index (χ2v) is 6.32. The first kappa shape index (κ1) is 18.8. The summed E-state index contributed by atoms with van der Waals surface area (Å²) in [6.45, 7) is 2.58. The van der Waals surface area contributed by atoms with Crippen molar-refractivity contribution in [2.75, 3.05) is 20.3 Å². The van der Waals surface area contributed by atoms with E-state index in [2.05, 4.69) is 4.98 Å². The Morgan fingerprint density at radius 1 is 1.15 bits per heavy atom. The fourth-order valence-corrected chi connectivity index (χ4v) is 3.25. The van der Waals surface area contributed by atoms with Crippen LogP contribution in [0.2, 0.25) is 0 Å². The van der Waals surface area contributed by atoms with Crippen LogP contribution in [0.25, 0.3) is 5.76 Å². The number of amides is 1. The second-order valence-electron chi connectivity index (χ2n) is 6.32. The Labute approximate surface area is 158 Å². The van der Waals surface area contributed by atoms with Crippen molar-refractivity contribution in [3.05, 3.63) is 71.1 Å². The molecule has 1 aromatic carbocycles. The Hall–Kier alpha value is -2.99. The quantitative estimate of drug-likeness (QED) is 0.483. The van der Waals surface area contributed by atoms with E-state index >= 15 is 0 Å². The molecule has 6 nitrogen and oxygen atoms in total. The average molecular weight is 366 g/mol. The Bertz CT molecular complexity index is 860. The molecule has 0 bridgehead atoms. The van der Waals surface area contributed by atoms with Gasteiger partial charge >= 0.3 is 0 Å². The number of Topliss-reactive ketones (excluding diaryl/α,β-unsaturated/α-hetero) is 1. The van der Waals surface area contributed by atoms with E-state index in [1.165, 1.54) is 12.0 Å². The number of nitrogens with zero attached hydrogens (tertiary/aromatic N) is 2. The number of methoxy groups -OCH3 is 1. The summed E-state index contributed by atoms with van der Waals surface area (Å²) in [5, 5.41) is 10.9. The van der Waals surface area contributed by atoms with Gasteiger partial charge in [-0.2, -0.15) is 0 Å². The molecule has 6 heteroatoms. The van der Waals surface area contributed by atoms with E-state index in [0.717, 1.165) is 12.0 Å². The number of aromatic nitrogens is 1. The Morgan fingerprint density at radius 3 is 2.41 bits per heavy atom. The highest BCUT2D eigenvalue weighted by molar-refractivity contribution is 6.46. The maximum absolute atomic E-state index is 12.7. The van der Waals surface area contributed by atoms with Crippen LogP contribution in [0.3, 0.4) is 0 Å². The van der Waals surface area contributed by atoms with Crippen LogP contribution >= 0.6 is 0 Å². The summed E-state index contributed by atoms with van der Waals surface area (Å²) in [6, 6.07) is 10.1. The summed E-state index contributed by atoms with van der Waals surface area (Å²) in [5.74, 6) is -1.50. The molecule has 1 aliphatic heterocycles. The van der Waals surface area contributed by atoms with E-state index in [0.29, 0.717) is 17.7 Å². The number of hydrogen-bond donors (Lipinski definition) is 1. The Balaban J connectivity index is 2.11. The van der Waals surface area contributed by atoms with Crippen molar-refractivity contribution in [2.24, 2.45) is 0 Å². The minimum Gasteiger partial charge on any atom is -0.507 e. The zero-order valence-corrected chi connectivity index (χ0v) is 15.4. The van der Waals surface area contributed by atoms with Crippen LogP contribution in [0.4, 0.5) is 0 Å². The summed E-state index contributed by atoms with van der Waals surface area (Å²) in [5.41, 5.74) is 2.44. The summed E-state index contributed by atoms with van der Waals surface area (Å²) in [6.07, 6.45) is 4.07. The van der Waals surface area contributed by atoms with Crippen LogP contribution in [-0.4, -0.2) is 46.9 Å². The van der Waals surface area contributed by atoms with Crippen LogP contribution in [-0.2, 0) is 20.7 Å². The third kappa shape index (κ3) is 3.61. The van der Waals surface area contributed by atoms with Crippen LogP contribution in [0.5, 0.6) is 0 Å². The van der Waals surface area contributed by atoms with Crippen molar-refractivity contribution < 1.29 is 19.4 Å². The molecule has 0 radical (unpaired) electrons. The smallest absolute Gasteiger partial charge is 0.295 e. The van der Waals surface area contributed by atoms with Crippen LogP contribution in [0, 0.1) is 0 Å². The zero-order chi connectivity index (χ0) is 19.4. The standard InChI is InChI=1S/C21H22N2O4/c1-3-14-4-6-16(7-5-14)19(24)17-18(15-8-10-22-11-9-15)23(12-13-27-2)21(26)20(17)25/h4-11,18,24H,3,12-13H2,1-2H3/b19-17-. The van der Waals surface area contributed by atoms with Crippen molar-refractivity contribution in [3.63, 3.8) is 0 Å². The lowest BCUT2D eigenvalue weighted by atomic mass is 9.95. The molecule has 0 saturated carbocycles. The number of carbonyl (C=O) groups is 2. The number of pyridine rings is 1. The molecule has 1 saturated heterocycles. The molecule has 1 aliphatic rings. The summed E-state index contributed by atoms with van der Waals surface area (Å²) in [7, 11) is 1.54. The predicted octanol–water partition coefficient (Wildman–Crippen LogP) is 2.71. The summed E-state index contributed by atoms with van der Waals surface area (Å²) in [4.78, 5) is 30.8. The molecule has 0 spiro atoms. The topological polar surface area (TPSA) is 79.7 Å². The van der Waals surface area contributed by atoms with Gasteiger partial charge in [-0.3, -0.25) is 14.6 Å². The normalized spacial score (nSPS) is 18.9. The number of carbonyl (C=O) groups excluding carboxylic acids is 2. The first-order valence-electron chi connectivity index (χ1n) is 8.85. The SMILES string of the molecule is CCc1ccc(/C(O)=C2/C(=O)C(=O)N(CCOC)C2c2ccncc2)cc1. The van der Waals surface area contributed by atoms with Crippen molar-refractivity contribution in [1.29, 1.82) is 0 Å². The van der Waals surface area contributed by atoms with Gasteiger partial charge in [-0.15, -0.1) is 0 Å². The molecule has 0 aliphatic carbocycles. The lowest BCUT2D eigenvalue weighted by Crippen LogP contribution is -2.32. The molecule has 1 amide bonds. The first-order chi connectivity index (χ1) is 13.1. The molecular formula is C21H22N2O4. The maximum Gasteiger partial charge on any atom is 0.295 e. The molecule has 1 fully saturated rings. The molecule has 1 atom stereocenters. The van der Waals surface area contributed by atoms with Gasteiger partial charge in [0, 0.05) is 31.6 Å². The first-order valence-corrected chi connectivity index (χ1v) is 8.85. The zero-order valence-electron chi connectivity index (χ0n) is 15.4. The number of aryl methyl sites for hydroxylation is 1. The molecule has 2 heterocycles. The van der Waals surface area contributed by atoms with Gasteiger partial charge in [0.1, 0.15) is 5.76 Å². The van der Waals surface area contributed by atoms with Crippen molar-refractivity contribution in [3.8, 4) is 0 Å². The lowest BCUT2D eigenvalue weighted by molar-refractivity contribution is -0.140. The van der Waals surface area contributed by atoms with Gasteiger partial charge in [0.25, 0.3) is 11.7 Å². The fourth-order valence-electron chi connectivity index (χ4n) is 3.25. The van der Waals surface area contributed by atoms with Crippen molar-refractivity contribution in [1.82, 2.24) is 9.88 Å². The van der Waals surface area contributed by atoms with E-state index in [1.807, 2.05) is 19.1 Å². The van der Waals surface area contributed by atoms with Gasteiger partial charge < -0.3 is 14.7 Å². The third-order valence-corrected chi connectivity index (χ3v) is 4.73. The van der Waals surface area contributed by atoms with Gasteiger partial charge in [0.2, 0.25) is 0 Å². The van der Waals surface area contributed by atoms with E-state index in [4.69, 9.17) is 4.74 Å². The Morgan fingerprint density at radius 2 is 1.81 bits per heavy atom. The van der Waals surface area contributed by atoms with E-state index in [1.54, 1.807) is 36.7 Å². The average Bonchev–Trinajstić information content (AvgIpc) is 2.97. The number of likely N-dealkylation sites (tertiary alicyclic amines) is 1. The summed E-state index contributed by atoms with van der Waals surface area (Å²) >= 11 is 0. The Kier molecular flexibility index (Phi) is 5.66. The highest BCUT2D eigenvalue weighted by Gasteiger charge is 2.45. The molecule has 27 heavy (non-hydrogen) atoms. The fraction of sp³-hybridized carbons (Fsp3) is 0.286. The molecular weight excluding hydrogens is 344 g/mol. The predicted molar refractivity (Wildman–Crippen MR) is 101 cm³/mol. The molecule has 3 rings (SSSR count). The van der Waals surface area contributed by atoms with Gasteiger partial charge in [-0.1, -0.05) is 31.2 Å². The van der Waals surface area contributed by atoms with Crippen LogP contribution in [0.15, 0.2) is 54.4 Å². The van der Waals surface area contributed by atoms with Gasteiger partial charge in [0.05, 0.1) is 18.2 Å². The van der Waals surface area contributed by atoms with E-state index in [-0.39, 0.29) is 17.9 Å². The van der Waals surface area contributed by atoms with Gasteiger partial charge in [-0.25, -0.2) is 0 Å². The number of ether oxygens (including phenoxy) is 1. The number of rotatable bonds is 6. The summed E-state index contributed by atoms with van der Waals surface area (Å²) < 4.78 is 5.08. The van der Waals surface area contributed by atoms with E-state index < -0.39 is 17.7 Å². The molecule has 2 aromatic rings.